The molecule has 0 heterocycles. The van der Waals surface area contributed by atoms with Crippen molar-refractivity contribution in [1.29, 1.82) is 0 Å². The molecule has 3 nitrogen and oxygen atoms in total. The monoisotopic (exact) mass is 192 g/mol. The second-order valence-electron chi connectivity index (χ2n) is 2.87. The molecule has 0 unspecified atom stereocenters. The van der Waals surface area contributed by atoms with Crippen molar-refractivity contribution in [2.75, 3.05) is 18.5 Å². The first-order valence-corrected chi connectivity index (χ1v) is 4.68. The van der Waals surface area contributed by atoms with E-state index in [2.05, 4.69) is 12.2 Å². The van der Waals surface area contributed by atoms with Crippen molar-refractivity contribution in [2.24, 2.45) is 0 Å². The quantitative estimate of drug-likeness (QED) is 0.749. The summed E-state index contributed by atoms with van der Waals surface area (Å²) in [4.78, 5) is 9.97. The Hall–Kier alpha value is -1.51. The highest BCUT2D eigenvalue weighted by Gasteiger charge is 1.93. The molecule has 14 heavy (non-hydrogen) atoms. The lowest BCUT2D eigenvalue weighted by Crippen LogP contribution is -2.01. The lowest BCUT2D eigenvalue weighted by molar-refractivity contribution is 0.317. The van der Waals surface area contributed by atoms with E-state index >= 15 is 0 Å². The number of benzene rings is 1. The largest absolute Gasteiger partial charge is 0.494 e. The molecule has 0 aliphatic carbocycles. The van der Waals surface area contributed by atoms with E-state index in [0.29, 0.717) is 0 Å². The van der Waals surface area contributed by atoms with Gasteiger partial charge in [-0.15, -0.1) is 0 Å². The Morgan fingerprint density at radius 1 is 1.36 bits per heavy atom. The third-order valence-electron chi connectivity index (χ3n) is 1.69. The van der Waals surface area contributed by atoms with E-state index in [1.807, 2.05) is 24.3 Å². The summed E-state index contributed by atoms with van der Waals surface area (Å²) in [6.07, 6.45) is 2.77. The highest BCUT2D eigenvalue weighted by atomic mass is 16.5. The summed E-state index contributed by atoms with van der Waals surface area (Å²) in [7, 11) is 0. The van der Waals surface area contributed by atoms with E-state index in [1.54, 1.807) is 6.29 Å². The Morgan fingerprint density at radius 2 is 2.07 bits per heavy atom. The van der Waals surface area contributed by atoms with Crippen LogP contribution in [0.25, 0.3) is 0 Å². The lowest BCUT2D eigenvalue weighted by atomic mass is 10.3. The summed E-state index contributed by atoms with van der Waals surface area (Å²) in [6, 6.07) is 7.51. The van der Waals surface area contributed by atoms with Crippen molar-refractivity contribution in [2.45, 2.75) is 13.3 Å². The van der Waals surface area contributed by atoms with Crippen molar-refractivity contribution in [3.05, 3.63) is 24.3 Å². The van der Waals surface area contributed by atoms with Crippen molar-refractivity contribution >= 4 is 12.0 Å². The molecule has 0 fully saturated rings. The Bertz CT molecular complexity index is 269. The molecule has 0 bridgehead atoms. The van der Waals surface area contributed by atoms with Crippen LogP contribution in [0, 0.1) is 0 Å². The van der Waals surface area contributed by atoms with Gasteiger partial charge < -0.3 is 10.1 Å². The number of carbonyl (C=O) groups excluding carboxylic acids is 1. The maximum Gasteiger partial charge on any atom is 0.219 e. The van der Waals surface area contributed by atoms with E-state index in [0.717, 1.165) is 24.5 Å². The van der Waals surface area contributed by atoms with Gasteiger partial charge in [0.25, 0.3) is 0 Å². The molecular formula is C11H14NO2. The molecular weight excluding hydrogens is 178 g/mol. The second kappa shape index (κ2) is 6.02. The lowest BCUT2D eigenvalue weighted by Gasteiger charge is -2.05. The highest BCUT2D eigenvalue weighted by molar-refractivity contribution is 5.60. The van der Waals surface area contributed by atoms with Crippen molar-refractivity contribution in [3.63, 3.8) is 0 Å². The molecule has 0 amide bonds. The zero-order chi connectivity index (χ0) is 10.2. The van der Waals surface area contributed by atoms with Gasteiger partial charge in [-0.1, -0.05) is 6.92 Å². The molecule has 0 aromatic heterocycles. The number of nitrogens with one attached hydrogen (secondary N) is 1. The molecule has 0 spiro atoms. The Balaban J connectivity index is 2.46. The Morgan fingerprint density at radius 3 is 2.64 bits per heavy atom. The fourth-order valence-corrected chi connectivity index (χ4v) is 1.03. The summed E-state index contributed by atoms with van der Waals surface area (Å²) in [5.74, 6) is 0.854. The van der Waals surface area contributed by atoms with Crippen molar-refractivity contribution < 1.29 is 9.53 Å². The minimum Gasteiger partial charge on any atom is -0.494 e. The van der Waals surface area contributed by atoms with Gasteiger partial charge in [0.15, 0.2) is 0 Å². The summed E-state index contributed by atoms with van der Waals surface area (Å²) in [5.41, 5.74) is 0.900. The fraction of sp³-hybridized carbons (Fsp3) is 0.364. The molecule has 1 aromatic carbocycles. The smallest absolute Gasteiger partial charge is 0.219 e. The van der Waals surface area contributed by atoms with Gasteiger partial charge in [0.2, 0.25) is 6.29 Å². The minimum absolute atomic E-state index is 0.217. The van der Waals surface area contributed by atoms with E-state index in [4.69, 9.17) is 4.74 Å². The summed E-state index contributed by atoms with van der Waals surface area (Å²) >= 11 is 0. The first-order valence-electron chi connectivity index (χ1n) is 4.68. The number of anilines is 1. The molecule has 1 radical (unpaired) electrons. The number of rotatable bonds is 6. The molecule has 0 aliphatic heterocycles. The third kappa shape index (κ3) is 3.47. The zero-order valence-corrected chi connectivity index (χ0v) is 8.25. The van der Waals surface area contributed by atoms with E-state index < -0.39 is 0 Å². The van der Waals surface area contributed by atoms with Crippen LogP contribution in [0.5, 0.6) is 5.75 Å². The molecule has 1 rings (SSSR count). The summed E-state index contributed by atoms with van der Waals surface area (Å²) in [5, 5.41) is 2.90. The number of ether oxygens (including phenoxy) is 1. The maximum atomic E-state index is 9.97. The van der Waals surface area contributed by atoms with E-state index in [-0.39, 0.29) is 6.54 Å². The highest BCUT2D eigenvalue weighted by Crippen LogP contribution is 2.15. The standard InChI is InChI=1S/C11H14NO2/c1-2-9-14-11-5-3-10(4-6-11)12-7-8-13/h3-6,12H,2,7,9H2,1H3. The number of hydrogen-bond acceptors (Lipinski definition) is 3. The first-order chi connectivity index (χ1) is 6.86. The molecule has 75 valence electrons. The minimum atomic E-state index is 0.217. The van der Waals surface area contributed by atoms with Crippen LogP contribution in [0.3, 0.4) is 0 Å². The van der Waals surface area contributed by atoms with Crippen LogP contribution in [0.2, 0.25) is 0 Å². The van der Waals surface area contributed by atoms with Gasteiger partial charge in [-0.25, -0.2) is 0 Å². The van der Waals surface area contributed by atoms with Gasteiger partial charge in [0, 0.05) is 5.69 Å². The van der Waals surface area contributed by atoms with Crippen LogP contribution in [0.15, 0.2) is 24.3 Å². The summed E-state index contributed by atoms with van der Waals surface area (Å²) in [6.45, 7) is 3.01. The summed E-state index contributed by atoms with van der Waals surface area (Å²) < 4.78 is 5.41. The second-order valence-corrected chi connectivity index (χ2v) is 2.87. The zero-order valence-electron chi connectivity index (χ0n) is 8.25. The van der Waals surface area contributed by atoms with Gasteiger partial charge in [0.1, 0.15) is 5.75 Å². The third-order valence-corrected chi connectivity index (χ3v) is 1.69. The van der Waals surface area contributed by atoms with Crippen LogP contribution in [0.1, 0.15) is 13.3 Å². The predicted molar refractivity (Wildman–Crippen MR) is 56.4 cm³/mol. The van der Waals surface area contributed by atoms with Gasteiger partial charge in [0.05, 0.1) is 13.2 Å². The van der Waals surface area contributed by atoms with Gasteiger partial charge in [-0.3, -0.25) is 4.79 Å². The first kappa shape index (κ1) is 10.6. The average Bonchev–Trinajstić information content (AvgIpc) is 2.25. The van der Waals surface area contributed by atoms with Gasteiger partial charge >= 0.3 is 0 Å². The van der Waals surface area contributed by atoms with E-state index in [9.17, 15) is 4.79 Å². The van der Waals surface area contributed by atoms with Crippen LogP contribution >= 0.6 is 0 Å². The average molecular weight is 192 g/mol. The molecule has 1 aromatic rings. The van der Waals surface area contributed by atoms with Crippen molar-refractivity contribution in [3.8, 4) is 5.75 Å². The topological polar surface area (TPSA) is 38.3 Å². The fourth-order valence-electron chi connectivity index (χ4n) is 1.03. The van der Waals surface area contributed by atoms with Gasteiger partial charge in [-0.05, 0) is 30.7 Å². The molecule has 0 saturated carbocycles. The Labute approximate surface area is 84.1 Å². The molecule has 0 atom stereocenters. The molecule has 1 N–H and O–H groups in total. The normalized spacial score (nSPS) is 9.50. The Kier molecular flexibility index (Phi) is 4.55. The molecule has 3 heteroatoms. The molecule has 0 aliphatic rings. The van der Waals surface area contributed by atoms with Crippen LogP contribution in [-0.2, 0) is 4.79 Å². The van der Waals surface area contributed by atoms with Gasteiger partial charge in [-0.2, -0.15) is 0 Å². The maximum absolute atomic E-state index is 9.97. The van der Waals surface area contributed by atoms with Crippen molar-refractivity contribution in [1.82, 2.24) is 0 Å². The van der Waals surface area contributed by atoms with Crippen LogP contribution < -0.4 is 10.1 Å². The predicted octanol–water partition coefficient (Wildman–Crippen LogP) is 2.00. The van der Waals surface area contributed by atoms with Crippen LogP contribution in [0.4, 0.5) is 5.69 Å². The van der Waals surface area contributed by atoms with Crippen LogP contribution in [-0.4, -0.2) is 19.4 Å². The number of hydrogen-bond donors (Lipinski definition) is 1. The molecule has 0 saturated heterocycles. The SMILES string of the molecule is CCCOc1ccc(NC[C]=O)cc1. The van der Waals surface area contributed by atoms with E-state index in [1.165, 1.54) is 0 Å².